The summed E-state index contributed by atoms with van der Waals surface area (Å²) in [5.41, 5.74) is 3.83. The number of likely N-dealkylation sites (tertiary alicyclic amines) is 1. The van der Waals surface area contributed by atoms with Crippen LogP contribution in [0.5, 0.6) is 0 Å². The predicted molar refractivity (Wildman–Crippen MR) is 193 cm³/mol. The number of benzene rings is 2. The smallest absolute Gasteiger partial charge is 0.251 e. The molecule has 1 saturated carbocycles. The summed E-state index contributed by atoms with van der Waals surface area (Å²) in [5.74, 6) is -0.791. The molecule has 3 aliphatic rings. The Morgan fingerprint density at radius 1 is 1.06 bits per heavy atom. The van der Waals surface area contributed by atoms with Gasteiger partial charge in [0.2, 0.25) is 17.7 Å². The van der Waals surface area contributed by atoms with Crippen LogP contribution in [-0.4, -0.2) is 95.5 Å². The van der Waals surface area contributed by atoms with E-state index in [0.717, 1.165) is 42.9 Å². The number of aliphatic hydroxyl groups excluding tert-OH is 1. The summed E-state index contributed by atoms with van der Waals surface area (Å²) in [4.78, 5) is 56.8. The molecule has 3 fully saturated rings. The lowest BCUT2D eigenvalue weighted by Crippen LogP contribution is -2.65. The summed E-state index contributed by atoms with van der Waals surface area (Å²) < 4.78 is 1.56. The summed E-state index contributed by atoms with van der Waals surface area (Å²) in [6, 6.07) is 10.7. The van der Waals surface area contributed by atoms with Crippen molar-refractivity contribution in [2.75, 3.05) is 18.1 Å². The second kappa shape index (κ2) is 15.3. The van der Waals surface area contributed by atoms with Gasteiger partial charge in [-0.1, -0.05) is 67.6 Å². The van der Waals surface area contributed by atoms with Crippen LogP contribution in [0, 0.1) is 5.92 Å². The van der Waals surface area contributed by atoms with E-state index in [1.54, 1.807) is 36.4 Å². The average Bonchev–Trinajstić information content (AvgIpc) is 3.80. The Labute approximate surface area is 302 Å². The van der Waals surface area contributed by atoms with Gasteiger partial charge in [0.1, 0.15) is 17.7 Å². The van der Waals surface area contributed by atoms with Gasteiger partial charge in [-0.25, -0.2) is 4.68 Å². The number of nitrogens with zero attached hydrogens (tertiary/aromatic N) is 4. The van der Waals surface area contributed by atoms with Crippen molar-refractivity contribution in [1.82, 2.24) is 30.5 Å². The molecule has 14 heteroatoms. The van der Waals surface area contributed by atoms with E-state index < -0.39 is 53.1 Å². The van der Waals surface area contributed by atoms with Crippen molar-refractivity contribution in [3.8, 4) is 0 Å². The maximum absolute atomic E-state index is 14.8. The minimum atomic E-state index is -1.61. The first-order valence-electron chi connectivity index (χ1n) is 18.0. The van der Waals surface area contributed by atoms with Crippen LogP contribution in [0.15, 0.2) is 48.7 Å². The van der Waals surface area contributed by atoms with E-state index in [0.29, 0.717) is 42.0 Å². The predicted octanol–water partition coefficient (Wildman–Crippen LogP) is 2.80. The molecule has 6 N–H and O–H groups in total. The Kier molecular flexibility index (Phi) is 11.0. The van der Waals surface area contributed by atoms with Crippen LogP contribution in [0.25, 0.3) is 10.8 Å². The molecule has 6 rings (SSSR count). The maximum Gasteiger partial charge on any atom is 0.251 e. The van der Waals surface area contributed by atoms with Crippen LogP contribution >= 0.6 is 11.8 Å². The van der Waals surface area contributed by atoms with Crippen LogP contribution < -0.4 is 16.4 Å². The molecule has 0 radical (unpaired) electrons. The van der Waals surface area contributed by atoms with Gasteiger partial charge in [-0.2, -0.15) is 11.8 Å². The molecule has 2 aromatic carbocycles. The summed E-state index contributed by atoms with van der Waals surface area (Å²) in [6.07, 6.45) is 6.20. The normalized spacial score (nSPS) is 22.3. The standard InChI is InChI=1S/C37H49N7O6S/c1-36(2,50)30-21-39-42-44(30)27-20-29(34(48)41-37(31(45)32(38)46)14-16-51-17-15-37)43(22-27)35(49)28(18-23-8-4-3-5-9-23)40-33(47)26-13-12-24-10-6-7-11-25(24)19-26/h6-7,10-13,19,21,23,27-29,31,45,50H,3-5,8-9,14-18,20,22H2,1-2H3,(H2,38,46)(H,40,47)(H,41,48)/t27-,28+,29-,31?/m0/s1. The highest BCUT2D eigenvalue weighted by molar-refractivity contribution is 7.99. The summed E-state index contributed by atoms with van der Waals surface area (Å²) in [5, 5.41) is 38.1. The number of aliphatic hydroxyl groups is 2. The topological polar surface area (TPSA) is 193 Å². The van der Waals surface area contributed by atoms with E-state index in [9.17, 15) is 29.4 Å². The number of carbonyl (C=O) groups is 4. The summed E-state index contributed by atoms with van der Waals surface area (Å²) >= 11 is 1.66. The van der Waals surface area contributed by atoms with Crippen LogP contribution in [0.2, 0.25) is 0 Å². The highest BCUT2D eigenvalue weighted by Gasteiger charge is 2.49. The van der Waals surface area contributed by atoms with E-state index in [-0.39, 0.29) is 24.8 Å². The molecule has 2 aliphatic heterocycles. The highest BCUT2D eigenvalue weighted by atomic mass is 32.2. The molecule has 13 nitrogen and oxygen atoms in total. The average molecular weight is 720 g/mol. The molecule has 1 aliphatic carbocycles. The lowest BCUT2D eigenvalue weighted by molar-refractivity contribution is -0.143. The van der Waals surface area contributed by atoms with Gasteiger partial charge in [-0.15, -0.1) is 5.10 Å². The van der Waals surface area contributed by atoms with E-state index in [2.05, 4.69) is 20.9 Å². The van der Waals surface area contributed by atoms with Crippen LogP contribution in [0.3, 0.4) is 0 Å². The lowest BCUT2D eigenvalue weighted by atomic mass is 9.84. The first-order chi connectivity index (χ1) is 24.4. The maximum atomic E-state index is 14.8. The second-order valence-corrected chi connectivity index (χ2v) is 16.1. The Hall–Kier alpha value is -4.01. The molecule has 51 heavy (non-hydrogen) atoms. The molecule has 1 unspecified atom stereocenters. The van der Waals surface area contributed by atoms with E-state index in [1.807, 2.05) is 36.4 Å². The molecule has 0 bridgehead atoms. The minimum Gasteiger partial charge on any atom is -0.384 e. The van der Waals surface area contributed by atoms with Gasteiger partial charge in [-0.3, -0.25) is 19.2 Å². The molecule has 274 valence electrons. The van der Waals surface area contributed by atoms with Gasteiger partial charge in [0, 0.05) is 18.5 Å². The van der Waals surface area contributed by atoms with Crippen molar-refractivity contribution in [3.63, 3.8) is 0 Å². The van der Waals surface area contributed by atoms with E-state index >= 15 is 0 Å². The fourth-order valence-corrected chi connectivity index (χ4v) is 9.21. The van der Waals surface area contributed by atoms with E-state index in [4.69, 9.17) is 5.73 Å². The minimum absolute atomic E-state index is 0.0671. The second-order valence-electron chi connectivity index (χ2n) is 14.9. The van der Waals surface area contributed by atoms with Crippen molar-refractivity contribution in [2.24, 2.45) is 11.7 Å². The number of primary amides is 1. The van der Waals surface area contributed by atoms with Gasteiger partial charge in [0.15, 0.2) is 6.10 Å². The molecule has 2 saturated heterocycles. The van der Waals surface area contributed by atoms with Gasteiger partial charge in [-0.05, 0) is 73.4 Å². The number of fused-ring (bicyclic) bond motifs is 1. The Balaban J connectivity index is 1.33. The lowest BCUT2D eigenvalue weighted by Gasteiger charge is -2.41. The SMILES string of the molecule is CC(C)(O)c1cnnn1[C@H]1C[C@@H](C(=O)NC2(C(O)C(N)=O)CCSCC2)N(C(=O)[C@@H](CC2CCCCC2)NC(=O)c2ccc3ccccc3c2)C1. The quantitative estimate of drug-likeness (QED) is 0.198. The largest absolute Gasteiger partial charge is 0.384 e. The van der Waals surface area contributed by atoms with Crippen molar-refractivity contribution in [2.45, 2.75) is 107 Å². The van der Waals surface area contributed by atoms with Crippen LogP contribution in [0.1, 0.15) is 93.7 Å². The first-order valence-corrected chi connectivity index (χ1v) is 19.1. The van der Waals surface area contributed by atoms with Gasteiger partial charge in [0.05, 0.1) is 23.5 Å². The van der Waals surface area contributed by atoms with E-state index in [1.165, 1.54) is 11.1 Å². The van der Waals surface area contributed by atoms with Crippen LogP contribution in [0.4, 0.5) is 0 Å². The Morgan fingerprint density at radius 3 is 2.45 bits per heavy atom. The molecular weight excluding hydrogens is 671 g/mol. The number of amides is 4. The third-order valence-corrected chi connectivity index (χ3v) is 11.9. The van der Waals surface area contributed by atoms with Crippen LogP contribution in [-0.2, 0) is 20.0 Å². The zero-order valence-electron chi connectivity index (χ0n) is 29.3. The molecule has 4 amide bonds. The molecule has 0 spiro atoms. The number of hydrogen-bond acceptors (Lipinski definition) is 9. The van der Waals surface area contributed by atoms with Gasteiger partial charge >= 0.3 is 0 Å². The first kappa shape index (κ1) is 36.8. The molecule has 4 atom stereocenters. The van der Waals surface area contributed by atoms with Crippen molar-refractivity contribution < 1.29 is 29.4 Å². The fourth-order valence-electron chi connectivity index (χ4n) is 7.99. The fraction of sp³-hybridized carbons (Fsp3) is 0.568. The molecule has 3 heterocycles. The zero-order valence-corrected chi connectivity index (χ0v) is 30.1. The third kappa shape index (κ3) is 8.07. The van der Waals surface area contributed by atoms with Gasteiger partial charge in [0.25, 0.3) is 5.91 Å². The van der Waals surface area contributed by atoms with Gasteiger partial charge < -0.3 is 31.5 Å². The zero-order chi connectivity index (χ0) is 36.3. The number of hydrogen-bond donors (Lipinski definition) is 5. The Bertz CT molecular complexity index is 1750. The number of nitrogens with one attached hydrogen (secondary N) is 2. The number of thioether (sulfide) groups is 1. The monoisotopic (exact) mass is 719 g/mol. The molecular formula is C37H49N7O6S. The summed E-state index contributed by atoms with van der Waals surface area (Å²) in [6.45, 7) is 3.29. The van der Waals surface area contributed by atoms with Crippen molar-refractivity contribution in [3.05, 3.63) is 59.9 Å². The Morgan fingerprint density at radius 2 is 1.76 bits per heavy atom. The number of rotatable bonds is 11. The number of nitrogens with two attached hydrogens (primary N) is 1. The summed E-state index contributed by atoms with van der Waals surface area (Å²) in [7, 11) is 0. The van der Waals surface area contributed by atoms with Crippen molar-refractivity contribution >= 4 is 46.2 Å². The molecule has 3 aromatic rings. The number of carbonyl (C=O) groups excluding carboxylic acids is 4. The highest BCUT2D eigenvalue weighted by Crippen LogP contribution is 2.35. The number of aromatic nitrogens is 3. The third-order valence-electron chi connectivity index (χ3n) is 10.9. The molecule has 1 aromatic heterocycles. The van der Waals surface area contributed by atoms with Crippen molar-refractivity contribution in [1.29, 1.82) is 0 Å².